The minimum absolute atomic E-state index is 0.0378. The Labute approximate surface area is 117 Å². The molecule has 0 radical (unpaired) electrons. The average molecular weight is 281 g/mol. The van der Waals surface area contributed by atoms with Crippen molar-refractivity contribution >= 4 is 29.5 Å². The van der Waals surface area contributed by atoms with Gasteiger partial charge in [-0.15, -0.1) is 0 Å². The van der Waals surface area contributed by atoms with E-state index in [9.17, 15) is 9.59 Å². The van der Waals surface area contributed by atoms with Gasteiger partial charge in [0.1, 0.15) is 0 Å². The predicted octanol–water partition coefficient (Wildman–Crippen LogP) is 1.99. The number of rotatable bonds is 5. The molecule has 102 valence electrons. The highest BCUT2D eigenvalue weighted by Crippen LogP contribution is 2.15. The molecule has 5 heteroatoms. The van der Waals surface area contributed by atoms with Crippen LogP contribution in [0.15, 0.2) is 30.3 Å². The van der Waals surface area contributed by atoms with Crippen LogP contribution in [-0.4, -0.2) is 24.4 Å². The second-order valence-corrected chi connectivity index (χ2v) is 4.70. The van der Waals surface area contributed by atoms with Crippen molar-refractivity contribution in [2.75, 3.05) is 6.54 Å². The second kappa shape index (κ2) is 7.59. The molecule has 0 spiro atoms. The number of halogens is 1. The van der Waals surface area contributed by atoms with E-state index in [1.54, 1.807) is 18.2 Å². The summed E-state index contributed by atoms with van der Waals surface area (Å²) in [6.07, 6.45) is 2.96. The Kier molecular flexibility index (Phi) is 6.09. The number of carbonyl (C=O) groups excluding carboxylic acids is 2. The molecule has 0 saturated carbocycles. The Morgan fingerprint density at radius 1 is 1.32 bits per heavy atom. The predicted molar refractivity (Wildman–Crippen MR) is 76.8 cm³/mol. The Hall–Kier alpha value is -1.81. The van der Waals surface area contributed by atoms with Crippen LogP contribution in [0.3, 0.4) is 0 Å². The Morgan fingerprint density at radius 2 is 2.00 bits per heavy atom. The molecule has 1 rings (SSSR count). The first kappa shape index (κ1) is 15.2. The van der Waals surface area contributed by atoms with E-state index in [0.29, 0.717) is 5.02 Å². The summed E-state index contributed by atoms with van der Waals surface area (Å²) in [6, 6.07) is 7.26. The third kappa shape index (κ3) is 6.06. The smallest absolute Gasteiger partial charge is 0.244 e. The van der Waals surface area contributed by atoms with E-state index in [2.05, 4.69) is 10.6 Å². The van der Waals surface area contributed by atoms with E-state index in [1.807, 2.05) is 26.0 Å². The molecule has 1 aromatic rings. The molecule has 0 heterocycles. The fraction of sp³-hybridized carbons (Fsp3) is 0.286. The van der Waals surface area contributed by atoms with Gasteiger partial charge in [-0.3, -0.25) is 9.59 Å². The summed E-state index contributed by atoms with van der Waals surface area (Å²) >= 11 is 5.95. The van der Waals surface area contributed by atoms with Crippen molar-refractivity contribution in [2.24, 2.45) is 0 Å². The zero-order chi connectivity index (χ0) is 14.3. The van der Waals surface area contributed by atoms with Gasteiger partial charge in [0.15, 0.2) is 0 Å². The van der Waals surface area contributed by atoms with Gasteiger partial charge in [0.25, 0.3) is 0 Å². The monoisotopic (exact) mass is 280 g/mol. The molecule has 0 atom stereocenters. The lowest BCUT2D eigenvalue weighted by Gasteiger charge is -2.08. The molecular weight excluding hydrogens is 264 g/mol. The standard InChI is InChI=1S/C14H17ClN2O2/c1-10(2)17-14(19)9-16-13(18)8-7-11-5-3-4-6-12(11)15/h3-8,10H,9H2,1-2H3,(H,16,18)(H,17,19)/b8-7+. The van der Waals surface area contributed by atoms with Crippen molar-refractivity contribution in [3.05, 3.63) is 40.9 Å². The molecule has 2 N–H and O–H groups in total. The second-order valence-electron chi connectivity index (χ2n) is 4.29. The van der Waals surface area contributed by atoms with E-state index in [0.717, 1.165) is 5.56 Å². The summed E-state index contributed by atoms with van der Waals surface area (Å²) in [5, 5.41) is 5.75. The summed E-state index contributed by atoms with van der Waals surface area (Å²) < 4.78 is 0. The molecule has 4 nitrogen and oxygen atoms in total. The number of carbonyl (C=O) groups is 2. The summed E-state index contributed by atoms with van der Waals surface area (Å²) in [4.78, 5) is 22.8. The molecular formula is C14H17ClN2O2. The van der Waals surface area contributed by atoms with Gasteiger partial charge in [-0.25, -0.2) is 0 Å². The maximum absolute atomic E-state index is 11.5. The lowest BCUT2D eigenvalue weighted by molar-refractivity contribution is -0.124. The molecule has 0 unspecified atom stereocenters. The first-order chi connectivity index (χ1) is 8.99. The van der Waals surface area contributed by atoms with Crippen molar-refractivity contribution in [3.8, 4) is 0 Å². The minimum Gasteiger partial charge on any atom is -0.352 e. The van der Waals surface area contributed by atoms with Crippen LogP contribution in [0.2, 0.25) is 5.02 Å². The Morgan fingerprint density at radius 3 is 2.63 bits per heavy atom. The van der Waals surface area contributed by atoms with Gasteiger partial charge in [-0.05, 0) is 31.6 Å². The van der Waals surface area contributed by atoms with Crippen LogP contribution in [0.1, 0.15) is 19.4 Å². The largest absolute Gasteiger partial charge is 0.352 e. The van der Waals surface area contributed by atoms with Crippen molar-refractivity contribution in [1.82, 2.24) is 10.6 Å². The van der Waals surface area contributed by atoms with E-state index in [-0.39, 0.29) is 24.4 Å². The van der Waals surface area contributed by atoms with Crippen LogP contribution in [-0.2, 0) is 9.59 Å². The molecule has 0 aliphatic heterocycles. The van der Waals surface area contributed by atoms with Crippen molar-refractivity contribution in [1.29, 1.82) is 0 Å². The third-order valence-electron chi connectivity index (χ3n) is 2.19. The van der Waals surface area contributed by atoms with Crippen LogP contribution in [0.25, 0.3) is 6.08 Å². The van der Waals surface area contributed by atoms with Gasteiger partial charge in [-0.2, -0.15) is 0 Å². The minimum atomic E-state index is -0.334. The third-order valence-corrected chi connectivity index (χ3v) is 2.54. The molecule has 1 aromatic carbocycles. The molecule has 0 aliphatic rings. The van der Waals surface area contributed by atoms with Gasteiger partial charge >= 0.3 is 0 Å². The number of nitrogens with one attached hydrogen (secondary N) is 2. The van der Waals surface area contributed by atoms with Crippen LogP contribution < -0.4 is 10.6 Å². The van der Waals surface area contributed by atoms with Crippen molar-refractivity contribution in [3.63, 3.8) is 0 Å². The lowest BCUT2D eigenvalue weighted by atomic mass is 10.2. The first-order valence-electron chi connectivity index (χ1n) is 5.99. The number of benzene rings is 1. The van der Waals surface area contributed by atoms with Gasteiger partial charge in [0.2, 0.25) is 11.8 Å². The Balaban J connectivity index is 2.44. The van der Waals surface area contributed by atoms with Gasteiger partial charge < -0.3 is 10.6 Å². The molecule has 0 aromatic heterocycles. The van der Waals surface area contributed by atoms with Crippen molar-refractivity contribution in [2.45, 2.75) is 19.9 Å². The average Bonchev–Trinajstić information content (AvgIpc) is 2.34. The van der Waals surface area contributed by atoms with E-state index in [4.69, 9.17) is 11.6 Å². The van der Waals surface area contributed by atoms with E-state index < -0.39 is 0 Å². The van der Waals surface area contributed by atoms with Crippen LogP contribution in [0, 0.1) is 0 Å². The topological polar surface area (TPSA) is 58.2 Å². The zero-order valence-electron chi connectivity index (χ0n) is 10.9. The normalized spacial score (nSPS) is 10.7. The van der Waals surface area contributed by atoms with Crippen LogP contribution >= 0.6 is 11.6 Å². The molecule has 2 amide bonds. The fourth-order valence-corrected chi connectivity index (χ4v) is 1.57. The van der Waals surface area contributed by atoms with E-state index >= 15 is 0 Å². The summed E-state index contributed by atoms with van der Waals surface area (Å²) in [5.74, 6) is -0.548. The first-order valence-corrected chi connectivity index (χ1v) is 6.36. The zero-order valence-corrected chi connectivity index (χ0v) is 11.7. The SMILES string of the molecule is CC(C)NC(=O)CNC(=O)/C=C/c1ccccc1Cl. The van der Waals surface area contributed by atoms with Crippen LogP contribution in [0.4, 0.5) is 0 Å². The highest BCUT2D eigenvalue weighted by molar-refractivity contribution is 6.32. The van der Waals surface area contributed by atoms with Crippen LogP contribution in [0.5, 0.6) is 0 Å². The summed E-state index contributed by atoms with van der Waals surface area (Å²) in [7, 11) is 0. The van der Waals surface area contributed by atoms with Gasteiger partial charge in [0, 0.05) is 17.1 Å². The maximum Gasteiger partial charge on any atom is 0.244 e. The molecule has 0 saturated heterocycles. The summed E-state index contributed by atoms with van der Waals surface area (Å²) in [5.41, 5.74) is 0.756. The molecule has 0 bridgehead atoms. The molecule has 0 fully saturated rings. The number of amides is 2. The van der Waals surface area contributed by atoms with Gasteiger partial charge in [-0.1, -0.05) is 29.8 Å². The number of hydrogen-bond acceptors (Lipinski definition) is 2. The fourth-order valence-electron chi connectivity index (χ4n) is 1.38. The van der Waals surface area contributed by atoms with Crippen molar-refractivity contribution < 1.29 is 9.59 Å². The maximum atomic E-state index is 11.5. The Bertz CT molecular complexity index is 484. The number of hydrogen-bond donors (Lipinski definition) is 2. The quantitative estimate of drug-likeness (QED) is 0.811. The molecule has 0 aliphatic carbocycles. The molecule has 19 heavy (non-hydrogen) atoms. The van der Waals surface area contributed by atoms with Gasteiger partial charge in [0.05, 0.1) is 6.54 Å². The highest BCUT2D eigenvalue weighted by atomic mass is 35.5. The van der Waals surface area contributed by atoms with E-state index in [1.165, 1.54) is 6.08 Å². The lowest BCUT2D eigenvalue weighted by Crippen LogP contribution is -2.39. The highest BCUT2D eigenvalue weighted by Gasteiger charge is 2.04. The summed E-state index contributed by atoms with van der Waals surface area (Å²) in [6.45, 7) is 3.68.